The third-order valence-electron chi connectivity index (χ3n) is 6.26. The molecule has 5 heteroatoms. The Bertz CT molecular complexity index is 714. The molecule has 0 saturated carbocycles. The lowest BCUT2D eigenvalue weighted by Gasteiger charge is -2.37. The molecule has 30 heavy (non-hydrogen) atoms. The number of amides is 2. The van der Waals surface area contributed by atoms with E-state index in [4.69, 9.17) is 4.74 Å². The predicted octanol–water partition coefficient (Wildman–Crippen LogP) is 4.04. The molecular weight excluding hydrogens is 376 g/mol. The standard InChI is InChI=1S/C25H38N2O3/c1-18(2)23-14-21(15-25(29)27(4)17-20-9-7-6-8-10-20)19(3)13-22(23)16-26-24(28)11-12-30-5/h6-10,13,18,21-23H,11-12,14-17H2,1-5H3,(H,26,28). The van der Waals surface area contributed by atoms with Crippen molar-refractivity contribution in [1.29, 1.82) is 0 Å². The summed E-state index contributed by atoms with van der Waals surface area (Å²) in [5.41, 5.74) is 2.41. The molecule has 1 N–H and O–H groups in total. The van der Waals surface area contributed by atoms with E-state index in [-0.39, 0.29) is 17.7 Å². The van der Waals surface area contributed by atoms with Crippen molar-refractivity contribution in [3.8, 4) is 0 Å². The van der Waals surface area contributed by atoms with Gasteiger partial charge in [-0.3, -0.25) is 9.59 Å². The van der Waals surface area contributed by atoms with Crippen LogP contribution in [0.4, 0.5) is 0 Å². The molecule has 1 aliphatic rings. The van der Waals surface area contributed by atoms with Gasteiger partial charge < -0.3 is 15.0 Å². The predicted molar refractivity (Wildman–Crippen MR) is 121 cm³/mol. The zero-order valence-corrected chi connectivity index (χ0v) is 19.2. The smallest absolute Gasteiger partial charge is 0.223 e. The normalized spacial score (nSPS) is 21.3. The van der Waals surface area contributed by atoms with Gasteiger partial charge in [-0.15, -0.1) is 0 Å². The summed E-state index contributed by atoms with van der Waals surface area (Å²) in [7, 11) is 3.49. The van der Waals surface area contributed by atoms with Gasteiger partial charge in [-0.05, 0) is 42.6 Å². The van der Waals surface area contributed by atoms with Crippen molar-refractivity contribution in [3.63, 3.8) is 0 Å². The van der Waals surface area contributed by atoms with Crippen LogP contribution in [0.1, 0.15) is 45.6 Å². The molecule has 3 unspecified atom stereocenters. The van der Waals surface area contributed by atoms with Gasteiger partial charge in [-0.25, -0.2) is 0 Å². The van der Waals surface area contributed by atoms with Gasteiger partial charge in [0.15, 0.2) is 0 Å². The highest BCUT2D eigenvalue weighted by molar-refractivity contribution is 5.77. The zero-order chi connectivity index (χ0) is 22.1. The lowest BCUT2D eigenvalue weighted by atomic mass is 9.69. The quantitative estimate of drug-likeness (QED) is 0.588. The van der Waals surface area contributed by atoms with Gasteiger partial charge in [0.25, 0.3) is 0 Å². The Balaban J connectivity index is 1.97. The molecule has 0 aliphatic heterocycles. The van der Waals surface area contributed by atoms with E-state index in [2.05, 4.69) is 44.3 Å². The number of hydrogen-bond donors (Lipinski definition) is 1. The summed E-state index contributed by atoms with van der Waals surface area (Å²) in [6.45, 7) is 8.33. The maximum atomic E-state index is 12.9. The van der Waals surface area contributed by atoms with Crippen LogP contribution >= 0.6 is 0 Å². The van der Waals surface area contributed by atoms with Gasteiger partial charge in [0.2, 0.25) is 11.8 Å². The zero-order valence-electron chi connectivity index (χ0n) is 19.2. The summed E-state index contributed by atoms with van der Waals surface area (Å²) >= 11 is 0. The molecule has 1 aromatic carbocycles. The number of carbonyl (C=O) groups excluding carboxylic acids is 2. The Morgan fingerprint density at radius 3 is 2.57 bits per heavy atom. The van der Waals surface area contributed by atoms with E-state index >= 15 is 0 Å². The van der Waals surface area contributed by atoms with Crippen LogP contribution in [-0.4, -0.2) is 44.0 Å². The molecule has 0 spiro atoms. The summed E-state index contributed by atoms with van der Waals surface area (Å²) in [5, 5.41) is 3.06. The highest BCUT2D eigenvalue weighted by atomic mass is 16.5. The Morgan fingerprint density at radius 2 is 1.93 bits per heavy atom. The molecule has 2 amide bonds. The van der Waals surface area contributed by atoms with Crippen molar-refractivity contribution in [1.82, 2.24) is 10.2 Å². The van der Waals surface area contributed by atoms with E-state index < -0.39 is 0 Å². The maximum absolute atomic E-state index is 12.9. The molecule has 5 nitrogen and oxygen atoms in total. The fraction of sp³-hybridized carbons (Fsp3) is 0.600. The molecule has 2 rings (SSSR count). The minimum Gasteiger partial charge on any atom is -0.384 e. The van der Waals surface area contributed by atoms with E-state index in [9.17, 15) is 9.59 Å². The van der Waals surface area contributed by atoms with Crippen LogP contribution in [0.3, 0.4) is 0 Å². The molecule has 0 aromatic heterocycles. The van der Waals surface area contributed by atoms with E-state index in [1.807, 2.05) is 30.1 Å². The monoisotopic (exact) mass is 414 g/mol. The summed E-state index contributed by atoms with van der Waals surface area (Å²) < 4.78 is 4.98. The molecule has 1 aromatic rings. The molecular formula is C25H38N2O3. The van der Waals surface area contributed by atoms with Crippen LogP contribution in [0.5, 0.6) is 0 Å². The van der Waals surface area contributed by atoms with Crippen molar-refractivity contribution in [2.45, 2.75) is 46.6 Å². The van der Waals surface area contributed by atoms with E-state index in [0.29, 0.717) is 50.3 Å². The Labute approximate surface area is 181 Å². The SMILES string of the molecule is COCCC(=O)NCC1C=C(C)C(CC(=O)N(C)Cc2ccccc2)CC1C(C)C. The minimum absolute atomic E-state index is 0.0326. The molecule has 0 saturated heterocycles. The summed E-state index contributed by atoms with van der Waals surface area (Å²) in [4.78, 5) is 26.7. The molecule has 3 atom stereocenters. The first-order valence-electron chi connectivity index (χ1n) is 11.0. The van der Waals surface area contributed by atoms with Crippen molar-refractivity contribution >= 4 is 11.8 Å². The molecule has 0 fully saturated rings. The third-order valence-corrected chi connectivity index (χ3v) is 6.26. The number of allylic oxidation sites excluding steroid dienone is 1. The number of hydrogen-bond acceptors (Lipinski definition) is 3. The van der Waals surface area contributed by atoms with Crippen LogP contribution in [0.15, 0.2) is 42.0 Å². The van der Waals surface area contributed by atoms with Gasteiger partial charge >= 0.3 is 0 Å². The maximum Gasteiger partial charge on any atom is 0.223 e. The first-order chi connectivity index (χ1) is 14.3. The van der Waals surface area contributed by atoms with Crippen LogP contribution in [0.25, 0.3) is 0 Å². The van der Waals surface area contributed by atoms with Gasteiger partial charge in [-0.1, -0.05) is 55.8 Å². The fourth-order valence-corrected chi connectivity index (χ4v) is 4.33. The second-order valence-electron chi connectivity index (χ2n) is 8.90. The summed E-state index contributed by atoms with van der Waals surface area (Å²) in [6.07, 6.45) is 4.22. The topological polar surface area (TPSA) is 58.6 Å². The van der Waals surface area contributed by atoms with Crippen LogP contribution < -0.4 is 5.32 Å². The molecule has 0 heterocycles. The Morgan fingerprint density at radius 1 is 1.23 bits per heavy atom. The molecule has 166 valence electrons. The highest BCUT2D eigenvalue weighted by Gasteiger charge is 2.33. The lowest BCUT2D eigenvalue weighted by molar-refractivity contribution is -0.131. The molecule has 1 aliphatic carbocycles. The number of methoxy groups -OCH3 is 1. The third kappa shape index (κ3) is 7.28. The molecule has 0 bridgehead atoms. The second kappa shape index (κ2) is 11.9. The average Bonchev–Trinajstić information content (AvgIpc) is 2.72. The van der Waals surface area contributed by atoms with Gasteiger partial charge in [0.05, 0.1) is 6.61 Å². The van der Waals surface area contributed by atoms with Crippen molar-refractivity contribution < 1.29 is 14.3 Å². The Kier molecular flexibility index (Phi) is 9.57. The van der Waals surface area contributed by atoms with E-state index in [1.54, 1.807) is 7.11 Å². The number of benzene rings is 1. The lowest BCUT2D eigenvalue weighted by Crippen LogP contribution is -2.38. The first kappa shape index (κ1) is 24.1. The van der Waals surface area contributed by atoms with Gasteiger partial charge in [0.1, 0.15) is 0 Å². The number of nitrogens with zero attached hydrogens (tertiary/aromatic N) is 1. The van der Waals surface area contributed by atoms with Crippen LogP contribution in [0.2, 0.25) is 0 Å². The number of rotatable bonds is 10. The number of nitrogens with one attached hydrogen (secondary N) is 1. The van der Waals surface area contributed by atoms with E-state index in [0.717, 1.165) is 12.0 Å². The Hall–Kier alpha value is -2.14. The number of ether oxygens (including phenoxy) is 1. The van der Waals surface area contributed by atoms with Gasteiger partial charge in [0, 0.05) is 40.1 Å². The largest absolute Gasteiger partial charge is 0.384 e. The van der Waals surface area contributed by atoms with Crippen LogP contribution in [-0.2, 0) is 20.9 Å². The van der Waals surface area contributed by atoms with Crippen LogP contribution in [0, 0.1) is 23.7 Å². The fourth-order valence-electron chi connectivity index (χ4n) is 4.33. The van der Waals surface area contributed by atoms with Crippen molar-refractivity contribution in [3.05, 3.63) is 47.5 Å². The summed E-state index contributed by atoms with van der Waals surface area (Å²) in [6, 6.07) is 10.1. The first-order valence-corrected chi connectivity index (χ1v) is 11.0. The number of carbonyl (C=O) groups is 2. The van der Waals surface area contributed by atoms with Crippen molar-refractivity contribution in [2.75, 3.05) is 27.3 Å². The van der Waals surface area contributed by atoms with Gasteiger partial charge in [-0.2, -0.15) is 0 Å². The highest BCUT2D eigenvalue weighted by Crippen LogP contribution is 2.39. The average molecular weight is 415 g/mol. The van der Waals surface area contributed by atoms with E-state index in [1.165, 1.54) is 5.57 Å². The second-order valence-corrected chi connectivity index (χ2v) is 8.90. The molecule has 0 radical (unpaired) electrons. The minimum atomic E-state index is 0.0326. The van der Waals surface area contributed by atoms with Crippen molar-refractivity contribution in [2.24, 2.45) is 23.7 Å². The summed E-state index contributed by atoms with van der Waals surface area (Å²) in [5.74, 6) is 1.74.